The van der Waals surface area contributed by atoms with E-state index in [1.807, 2.05) is 6.92 Å². The summed E-state index contributed by atoms with van der Waals surface area (Å²) >= 11 is 1.72. The van der Waals surface area contributed by atoms with Crippen LogP contribution in [0.25, 0.3) is 0 Å². The summed E-state index contributed by atoms with van der Waals surface area (Å²) in [7, 11) is 0. The molecule has 0 radical (unpaired) electrons. The summed E-state index contributed by atoms with van der Waals surface area (Å²) in [5, 5.41) is 1.10. The molecule has 0 aromatic carbocycles. The first kappa shape index (κ1) is 14.6. The Kier molecular flexibility index (Phi) is 5.56. The molecule has 0 spiro atoms. The van der Waals surface area contributed by atoms with Crippen LogP contribution in [0.1, 0.15) is 56.1 Å². The number of thiazole rings is 1. The molecular weight excluding hydrogens is 232 g/mol. The van der Waals surface area contributed by atoms with Gasteiger partial charge in [-0.1, -0.05) is 20.8 Å². The molecule has 0 aliphatic rings. The second kappa shape index (κ2) is 6.47. The molecule has 2 N–H and O–H groups in total. The van der Waals surface area contributed by atoms with Crippen molar-refractivity contribution in [3.8, 4) is 0 Å². The fourth-order valence-electron chi connectivity index (χ4n) is 2.11. The van der Waals surface area contributed by atoms with Crippen LogP contribution in [0.5, 0.6) is 0 Å². The van der Waals surface area contributed by atoms with Crippen LogP contribution in [-0.4, -0.2) is 11.6 Å². The third kappa shape index (κ3) is 2.87. The summed E-state index contributed by atoms with van der Waals surface area (Å²) in [6.45, 7) is 9.79. The van der Waals surface area contributed by atoms with Crippen LogP contribution in [0.15, 0.2) is 0 Å². The van der Waals surface area contributed by atoms with Crippen molar-refractivity contribution in [2.24, 2.45) is 5.73 Å². The van der Waals surface area contributed by atoms with Gasteiger partial charge in [-0.3, -0.25) is 0 Å². The van der Waals surface area contributed by atoms with Gasteiger partial charge in [0.1, 0.15) is 10.6 Å². The predicted molar refractivity (Wildman–Crippen MR) is 73.3 cm³/mol. The molecule has 1 heterocycles. The minimum Gasteiger partial charge on any atom is -0.368 e. The SMILES string of the molecule is CCOC(CC)(CC)c1nc(CC)c(CN)s1. The molecule has 0 bridgehead atoms. The number of ether oxygens (including phenoxy) is 1. The normalized spacial score (nSPS) is 12.1. The molecule has 0 amide bonds. The lowest BCUT2D eigenvalue weighted by Gasteiger charge is -2.29. The Labute approximate surface area is 108 Å². The maximum atomic E-state index is 5.98. The zero-order valence-electron chi connectivity index (χ0n) is 11.4. The highest BCUT2D eigenvalue weighted by molar-refractivity contribution is 7.11. The Morgan fingerprint density at radius 3 is 2.24 bits per heavy atom. The first-order chi connectivity index (χ1) is 8.17. The van der Waals surface area contributed by atoms with Crippen LogP contribution in [0, 0.1) is 0 Å². The monoisotopic (exact) mass is 256 g/mol. The highest BCUT2D eigenvalue weighted by Crippen LogP contribution is 2.37. The van der Waals surface area contributed by atoms with E-state index >= 15 is 0 Å². The molecule has 0 aliphatic heterocycles. The van der Waals surface area contributed by atoms with E-state index in [1.165, 1.54) is 4.88 Å². The van der Waals surface area contributed by atoms with Crippen molar-refractivity contribution in [3.63, 3.8) is 0 Å². The molecule has 98 valence electrons. The first-order valence-electron chi connectivity index (χ1n) is 6.50. The molecule has 1 aromatic rings. The number of nitrogens with two attached hydrogens (primary N) is 1. The van der Waals surface area contributed by atoms with Gasteiger partial charge in [-0.25, -0.2) is 4.98 Å². The van der Waals surface area contributed by atoms with Crippen LogP contribution in [0.4, 0.5) is 0 Å². The fraction of sp³-hybridized carbons (Fsp3) is 0.769. The van der Waals surface area contributed by atoms with E-state index in [0.29, 0.717) is 6.54 Å². The van der Waals surface area contributed by atoms with Gasteiger partial charge in [-0.2, -0.15) is 0 Å². The van der Waals surface area contributed by atoms with Crippen molar-refractivity contribution in [1.82, 2.24) is 4.98 Å². The van der Waals surface area contributed by atoms with Gasteiger partial charge >= 0.3 is 0 Å². The molecule has 0 saturated heterocycles. The van der Waals surface area contributed by atoms with Crippen LogP contribution < -0.4 is 5.73 Å². The van der Waals surface area contributed by atoms with Crippen LogP contribution in [-0.2, 0) is 23.3 Å². The quantitative estimate of drug-likeness (QED) is 0.815. The van der Waals surface area contributed by atoms with E-state index in [-0.39, 0.29) is 5.60 Å². The van der Waals surface area contributed by atoms with Gasteiger partial charge in [0.05, 0.1) is 5.69 Å². The molecular formula is C13H24N2OS. The Morgan fingerprint density at radius 1 is 1.24 bits per heavy atom. The average Bonchev–Trinajstić information content (AvgIpc) is 2.79. The summed E-state index contributed by atoms with van der Waals surface area (Å²) in [6, 6.07) is 0. The first-order valence-corrected chi connectivity index (χ1v) is 7.32. The number of hydrogen-bond acceptors (Lipinski definition) is 4. The Morgan fingerprint density at radius 2 is 1.88 bits per heavy atom. The topological polar surface area (TPSA) is 48.1 Å². The van der Waals surface area contributed by atoms with Gasteiger partial charge in [0, 0.05) is 18.0 Å². The molecule has 3 nitrogen and oxygen atoms in total. The van der Waals surface area contributed by atoms with Gasteiger partial charge in [0.15, 0.2) is 0 Å². The summed E-state index contributed by atoms with van der Waals surface area (Å²) in [5.41, 5.74) is 6.70. The van der Waals surface area contributed by atoms with Gasteiger partial charge in [-0.05, 0) is 26.2 Å². The van der Waals surface area contributed by atoms with Crippen LogP contribution >= 0.6 is 11.3 Å². The molecule has 0 fully saturated rings. The van der Waals surface area contributed by atoms with Crippen molar-refractivity contribution in [3.05, 3.63) is 15.6 Å². The fourth-order valence-corrected chi connectivity index (χ4v) is 3.42. The zero-order chi connectivity index (χ0) is 12.9. The predicted octanol–water partition coefficient (Wildman–Crippen LogP) is 3.22. The minimum atomic E-state index is -0.212. The highest BCUT2D eigenvalue weighted by atomic mass is 32.1. The molecule has 4 heteroatoms. The van der Waals surface area contributed by atoms with Gasteiger partial charge in [-0.15, -0.1) is 11.3 Å². The van der Waals surface area contributed by atoms with Crippen molar-refractivity contribution in [2.75, 3.05) is 6.61 Å². The van der Waals surface area contributed by atoms with E-state index in [9.17, 15) is 0 Å². The number of aryl methyl sites for hydroxylation is 1. The smallest absolute Gasteiger partial charge is 0.125 e. The van der Waals surface area contributed by atoms with E-state index in [2.05, 4.69) is 20.8 Å². The van der Waals surface area contributed by atoms with Crippen molar-refractivity contribution < 1.29 is 4.74 Å². The molecule has 17 heavy (non-hydrogen) atoms. The summed E-state index contributed by atoms with van der Waals surface area (Å²) in [6.07, 6.45) is 2.86. The molecule has 0 aliphatic carbocycles. The second-order valence-electron chi connectivity index (χ2n) is 4.08. The van der Waals surface area contributed by atoms with E-state index < -0.39 is 0 Å². The third-order valence-corrected chi connectivity index (χ3v) is 4.56. The summed E-state index contributed by atoms with van der Waals surface area (Å²) in [4.78, 5) is 5.95. The Bertz CT molecular complexity index is 324. The third-order valence-electron chi connectivity index (χ3n) is 3.25. The standard InChI is InChI=1S/C13H24N2OS/c1-5-10-11(9-14)17-12(15-10)13(6-2,7-3)16-8-4/h5-9,14H2,1-4H3. The number of aromatic nitrogens is 1. The number of hydrogen-bond donors (Lipinski definition) is 1. The van der Waals surface area contributed by atoms with Gasteiger partial charge < -0.3 is 10.5 Å². The molecule has 0 atom stereocenters. The summed E-state index contributed by atoms with van der Waals surface area (Å²) in [5.74, 6) is 0. The van der Waals surface area contributed by atoms with Gasteiger partial charge in [0.2, 0.25) is 0 Å². The Hall–Kier alpha value is -0.450. The lowest BCUT2D eigenvalue weighted by atomic mass is 9.98. The maximum absolute atomic E-state index is 5.98. The molecule has 1 rings (SSSR count). The Balaban J connectivity index is 3.13. The average molecular weight is 256 g/mol. The van der Waals surface area contributed by atoms with Crippen molar-refractivity contribution >= 4 is 11.3 Å². The van der Waals surface area contributed by atoms with E-state index in [1.54, 1.807) is 11.3 Å². The van der Waals surface area contributed by atoms with Crippen molar-refractivity contribution in [1.29, 1.82) is 0 Å². The number of nitrogens with zero attached hydrogens (tertiary/aromatic N) is 1. The summed E-state index contributed by atoms with van der Waals surface area (Å²) < 4.78 is 5.98. The largest absolute Gasteiger partial charge is 0.368 e. The zero-order valence-corrected chi connectivity index (χ0v) is 12.2. The maximum Gasteiger partial charge on any atom is 0.125 e. The van der Waals surface area contributed by atoms with Gasteiger partial charge in [0.25, 0.3) is 0 Å². The van der Waals surface area contributed by atoms with E-state index in [4.69, 9.17) is 15.5 Å². The minimum absolute atomic E-state index is 0.212. The van der Waals surface area contributed by atoms with Crippen LogP contribution in [0.2, 0.25) is 0 Å². The van der Waals surface area contributed by atoms with Crippen LogP contribution in [0.3, 0.4) is 0 Å². The molecule has 0 unspecified atom stereocenters. The highest BCUT2D eigenvalue weighted by Gasteiger charge is 2.33. The molecule has 1 aromatic heterocycles. The number of rotatable bonds is 7. The lowest BCUT2D eigenvalue weighted by molar-refractivity contribution is -0.0507. The second-order valence-corrected chi connectivity index (χ2v) is 5.16. The lowest BCUT2D eigenvalue weighted by Crippen LogP contribution is -2.28. The van der Waals surface area contributed by atoms with Crippen molar-refractivity contribution in [2.45, 2.75) is 59.1 Å². The van der Waals surface area contributed by atoms with E-state index in [0.717, 1.165) is 36.6 Å². The molecule has 0 saturated carbocycles.